The van der Waals surface area contributed by atoms with Gasteiger partial charge in [-0.3, -0.25) is 4.68 Å². The molecule has 1 atom stereocenters. The van der Waals surface area contributed by atoms with E-state index in [1.165, 1.54) is 25.7 Å². The van der Waals surface area contributed by atoms with Crippen LogP contribution in [0.25, 0.3) is 0 Å². The van der Waals surface area contributed by atoms with Crippen LogP contribution in [0.2, 0.25) is 0 Å². The van der Waals surface area contributed by atoms with Crippen molar-refractivity contribution in [3.8, 4) is 0 Å². The SMILES string of the molecule is COCCn1nccc1C(N)C1(C)CCCC1. The van der Waals surface area contributed by atoms with E-state index in [0.717, 1.165) is 12.2 Å². The lowest BCUT2D eigenvalue weighted by atomic mass is 9.79. The summed E-state index contributed by atoms with van der Waals surface area (Å²) in [6.07, 6.45) is 6.89. The van der Waals surface area contributed by atoms with Crippen molar-refractivity contribution >= 4 is 0 Å². The van der Waals surface area contributed by atoms with Crippen molar-refractivity contribution in [2.45, 2.75) is 45.2 Å². The van der Waals surface area contributed by atoms with Crippen molar-refractivity contribution < 1.29 is 4.74 Å². The van der Waals surface area contributed by atoms with Crippen LogP contribution < -0.4 is 5.73 Å². The van der Waals surface area contributed by atoms with Gasteiger partial charge in [-0.05, 0) is 24.3 Å². The summed E-state index contributed by atoms with van der Waals surface area (Å²) in [4.78, 5) is 0. The van der Waals surface area contributed by atoms with Gasteiger partial charge in [-0.1, -0.05) is 19.8 Å². The Bertz CT molecular complexity index is 355. The van der Waals surface area contributed by atoms with Crippen LogP contribution in [0.3, 0.4) is 0 Å². The molecule has 2 rings (SSSR count). The van der Waals surface area contributed by atoms with Gasteiger partial charge in [-0.15, -0.1) is 0 Å². The maximum atomic E-state index is 6.45. The zero-order valence-electron chi connectivity index (χ0n) is 10.9. The first kappa shape index (κ1) is 12.6. The molecule has 0 radical (unpaired) electrons. The molecule has 1 heterocycles. The highest BCUT2D eigenvalue weighted by atomic mass is 16.5. The van der Waals surface area contributed by atoms with E-state index in [2.05, 4.69) is 12.0 Å². The molecule has 96 valence electrons. The molecule has 0 aromatic carbocycles. The van der Waals surface area contributed by atoms with Gasteiger partial charge >= 0.3 is 0 Å². The summed E-state index contributed by atoms with van der Waals surface area (Å²) in [5.74, 6) is 0. The van der Waals surface area contributed by atoms with Crippen LogP contribution in [0.5, 0.6) is 0 Å². The summed E-state index contributed by atoms with van der Waals surface area (Å²) < 4.78 is 7.08. The predicted octanol–water partition coefficient (Wildman–Crippen LogP) is 2.11. The number of nitrogens with two attached hydrogens (primary N) is 1. The average Bonchev–Trinajstić information content (AvgIpc) is 2.95. The zero-order chi connectivity index (χ0) is 12.3. The standard InChI is InChI=1S/C13H23N3O/c1-13(6-3-4-7-13)12(14)11-5-8-15-16(11)9-10-17-2/h5,8,12H,3-4,6-7,9-10,14H2,1-2H3. The number of nitrogens with zero attached hydrogens (tertiary/aromatic N) is 2. The van der Waals surface area contributed by atoms with E-state index in [1.807, 2.05) is 16.9 Å². The van der Waals surface area contributed by atoms with Crippen LogP contribution in [0.4, 0.5) is 0 Å². The summed E-state index contributed by atoms with van der Waals surface area (Å²) in [5, 5.41) is 4.33. The molecule has 17 heavy (non-hydrogen) atoms. The summed E-state index contributed by atoms with van der Waals surface area (Å²) in [7, 11) is 1.71. The molecule has 4 heteroatoms. The number of methoxy groups -OCH3 is 1. The monoisotopic (exact) mass is 237 g/mol. The van der Waals surface area contributed by atoms with Crippen molar-refractivity contribution in [3.05, 3.63) is 18.0 Å². The lowest BCUT2D eigenvalue weighted by Crippen LogP contribution is -2.31. The number of hydrogen-bond donors (Lipinski definition) is 1. The fourth-order valence-corrected chi connectivity index (χ4v) is 2.82. The molecule has 1 unspecified atom stereocenters. The van der Waals surface area contributed by atoms with Gasteiger partial charge in [0, 0.05) is 13.3 Å². The lowest BCUT2D eigenvalue weighted by Gasteiger charge is -2.31. The quantitative estimate of drug-likeness (QED) is 0.853. The first-order chi connectivity index (χ1) is 8.17. The fraction of sp³-hybridized carbons (Fsp3) is 0.769. The van der Waals surface area contributed by atoms with Gasteiger partial charge in [-0.2, -0.15) is 5.10 Å². The fourth-order valence-electron chi connectivity index (χ4n) is 2.82. The molecule has 1 aliphatic rings. The Kier molecular flexibility index (Phi) is 3.84. The summed E-state index contributed by atoms with van der Waals surface area (Å²) in [5.41, 5.74) is 7.84. The van der Waals surface area contributed by atoms with Crippen molar-refractivity contribution in [1.82, 2.24) is 9.78 Å². The third-order valence-corrected chi connectivity index (χ3v) is 4.07. The molecule has 1 aromatic heterocycles. The largest absolute Gasteiger partial charge is 0.383 e. The lowest BCUT2D eigenvalue weighted by molar-refractivity contribution is 0.178. The van der Waals surface area contributed by atoms with Crippen LogP contribution in [0.15, 0.2) is 12.3 Å². The Labute approximate surface area is 103 Å². The number of ether oxygens (including phenoxy) is 1. The normalized spacial score (nSPS) is 20.6. The summed E-state index contributed by atoms with van der Waals surface area (Å²) in [6, 6.07) is 2.13. The molecule has 0 bridgehead atoms. The maximum absolute atomic E-state index is 6.45. The van der Waals surface area contributed by atoms with Gasteiger partial charge in [0.05, 0.1) is 24.9 Å². The van der Waals surface area contributed by atoms with Crippen LogP contribution in [0, 0.1) is 5.41 Å². The molecule has 1 saturated carbocycles. The van der Waals surface area contributed by atoms with E-state index in [-0.39, 0.29) is 11.5 Å². The average molecular weight is 237 g/mol. The van der Waals surface area contributed by atoms with E-state index < -0.39 is 0 Å². The van der Waals surface area contributed by atoms with Crippen LogP contribution in [-0.2, 0) is 11.3 Å². The van der Waals surface area contributed by atoms with Gasteiger partial charge in [0.1, 0.15) is 0 Å². The Balaban J connectivity index is 2.13. The van der Waals surface area contributed by atoms with E-state index in [4.69, 9.17) is 10.5 Å². The van der Waals surface area contributed by atoms with Gasteiger partial charge in [0.25, 0.3) is 0 Å². The van der Waals surface area contributed by atoms with Crippen molar-refractivity contribution in [1.29, 1.82) is 0 Å². The molecular formula is C13H23N3O. The van der Waals surface area contributed by atoms with Crippen molar-refractivity contribution in [2.24, 2.45) is 11.1 Å². The van der Waals surface area contributed by atoms with Gasteiger partial charge in [-0.25, -0.2) is 0 Å². The number of aromatic nitrogens is 2. The second-order valence-electron chi connectivity index (χ2n) is 5.31. The molecule has 0 aliphatic heterocycles. The first-order valence-electron chi connectivity index (χ1n) is 6.43. The Morgan fingerprint density at radius 2 is 2.24 bits per heavy atom. The highest BCUT2D eigenvalue weighted by Gasteiger charge is 2.37. The zero-order valence-corrected chi connectivity index (χ0v) is 10.9. The van der Waals surface area contributed by atoms with Crippen molar-refractivity contribution in [2.75, 3.05) is 13.7 Å². The van der Waals surface area contributed by atoms with Crippen LogP contribution in [0.1, 0.15) is 44.3 Å². The van der Waals surface area contributed by atoms with E-state index in [0.29, 0.717) is 6.61 Å². The second-order valence-corrected chi connectivity index (χ2v) is 5.31. The Morgan fingerprint density at radius 3 is 2.88 bits per heavy atom. The Hall–Kier alpha value is -0.870. The smallest absolute Gasteiger partial charge is 0.0659 e. The molecule has 1 aliphatic carbocycles. The minimum atomic E-state index is 0.0874. The molecule has 2 N–H and O–H groups in total. The van der Waals surface area contributed by atoms with Gasteiger partial charge < -0.3 is 10.5 Å². The van der Waals surface area contributed by atoms with E-state index >= 15 is 0 Å². The molecule has 0 spiro atoms. The molecule has 1 aromatic rings. The maximum Gasteiger partial charge on any atom is 0.0659 e. The van der Waals surface area contributed by atoms with E-state index in [9.17, 15) is 0 Å². The first-order valence-corrected chi connectivity index (χ1v) is 6.43. The van der Waals surface area contributed by atoms with E-state index in [1.54, 1.807) is 7.11 Å². The third kappa shape index (κ3) is 2.53. The Morgan fingerprint density at radius 1 is 1.53 bits per heavy atom. The van der Waals surface area contributed by atoms with Gasteiger partial charge in [0.2, 0.25) is 0 Å². The highest BCUT2D eigenvalue weighted by Crippen LogP contribution is 2.45. The number of hydrogen-bond acceptors (Lipinski definition) is 3. The summed E-state index contributed by atoms with van der Waals surface area (Å²) >= 11 is 0. The summed E-state index contributed by atoms with van der Waals surface area (Å²) in [6.45, 7) is 3.76. The van der Waals surface area contributed by atoms with Gasteiger partial charge in [0.15, 0.2) is 0 Å². The molecule has 4 nitrogen and oxygen atoms in total. The van der Waals surface area contributed by atoms with Crippen LogP contribution >= 0.6 is 0 Å². The van der Waals surface area contributed by atoms with Crippen LogP contribution in [-0.4, -0.2) is 23.5 Å². The molecule has 0 amide bonds. The molecule has 1 fully saturated rings. The molecular weight excluding hydrogens is 214 g/mol. The number of rotatable bonds is 5. The third-order valence-electron chi connectivity index (χ3n) is 4.07. The second kappa shape index (κ2) is 5.19. The predicted molar refractivity (Wildman–Crippen MR) is 67.6 cm³/mol. The molecule has 0 saturated heterocycles. The minimum absolute atomic E-state index is 0.0874. The van der Waals surface area contributed by atoms with Crippen molar-refractivity contribution in [3.63, 3.8) is 0 Å². The topological polar surface area (TPSA) is 53.1 Å². The minimum Gasteiger partial charge on any atom is -0.383 e. The highest BCUT2D eigenvalue weighted by molar-refractivity contribution is 5.11.